The lowest BCUT2D eigenvalue weighted by molar-refractivity contribution is 0.0510. The summed E-state index contributed by atoms with van der Waals surface area (Å²) >= 11 is 9.27. The Morgan fingerprint density at radius 2 is 1.96 bits per heavy atom. The van der Waals surface area contributed by atoms with Crippen LogP contribution in [0, 0.1) is 0 Å². The van der Waals surface area contributed by atoms with Crippen molar-refractivity contribution in [2.24, 2.45) is 0 Å². The number of amides is 2. The summed E-state index contributed by atoms with van der Waals surface area (Å²) in [5.74, 6) is -0.663. The lowest BCUT2D eigenvalue weighted by Crippen LogP contribution is -2.56. The van der Waals surface area contributed by atoms with Crippen LogP contribution < -0.4 is 10.7 Å². The first-order valence-electron chi connectivity index (χ1n) is 6.92. The van der Waals surface area contributed by atoms with Crippen molar-refractivity contribution >= 4 is 45.0 Å². The van der Waals surface area contributed by atoms with E-state index in [1.807, 2.05) is 0 Å². The van der Waals surface area contributed by atoms with E-state index in [1.54, 1.807) is 49.4 Å². The fourth-order valence-electron chi connectivity index (χ4n) is 2.34. The zero-order valence-corrected chi connectivity index (χ0v) is 14.5. The molecule has 0 aliphatic carbocycles. The van der Waals surface area contributed by atoms with Crippen LogP contribution in [0.4, 0.5) is 5.69 Å². The van der Waals surface area contributed by atoms with Crippen LogP contribution in [0.5, 0.6) is 0 Å². The van der Waals surface area contributed by atoms with Gasteiger partial charge in [-0.25, -0.2) is 5.01 Å². The highest BCUT2D eigenvalue weighted by molar-refractivity contribution is 9.10. The van der Waals surface area contributed by atoms with E-state index in [1.165, 1.54) is 5.01 Å². The molecule has 118 valence electrons. The Balaban J connectivity index is 1.84. The Morgan fingerprint density at radius 3 is 2.65 bits per heavy atom. The molecule has 5 nitrogen and oxygen atoms in total. The van der Waals surface area contributed by atoms with Gasteiger partial charge in [0.25, 0.3) is 11.8 Å². The highest BCUT2D eigenvalue weighted by Crippen LogP contribution is 2.27. The van der Waals surface area contributed by atoms with E-state index < -0.39 is 0 Å². The number of nitrogens with zero attached hydrogens (tertiary/aromatic N) is 1. The molecule has 2 amide bonds. The predicted molar refractivity (Wildman–Crippen MR) is 92.3 cm³/mol. The van der Waals surface area contributed by atoms with E-state index in [4.69, 9.17) is 11.6 Å². The average Bonchev–Trinajstić information content (AvgIpc) is 2.53. The van der Waals surface area contributed by atoms with Crippen molar-refractivity contribution in [3.63, 3.8) is 0 Å². The van der Waals surface area contributed by atoms with E-state index in [0.29, 0.717) is 21.8 Å². The number of fused-ring (bicyclic) bond motifs is 1. The Kier molecular flexibility index (Phi) is 4.28. The number of rotatable bonds is 2. The number of nitrogens with one attached hydrogen (secondary N) is 2. The molecule has 1 aliphatic heterocycles. The van der Waals surface area contributed by atoms with Gasteiger partial charge in [-0.2, -0.15) is 0 Å². The molecule has 0 saturated heterocycles. The fourth-order valence-corrected chi connectivity index (χ4v) is 2.77. The summed E-state index contributed by atoms with van der Waals surface area (Å²) < 4.78 is 0.877. The summed E-state index contributed by atoms with van der Waals surface area (Å²) in [4.78, 5) is 24.9. The molecule has 0 fully saturated rings. The van der Waals surface area contributed by atoms with E-state index >= 15 is 0 Å². The topological polar surface area (TPSA) is 61.4 Å². The zero-order chi connectivity index (χ0) is 16.6. The van der Waals surface area contributed by atoms with Crippen molar-refractivity contribution in [2.45, 2.75) is 13.1 Å². The molecule has 0 bridgehead atoms. The highest BCUT2D eigenvalue weighted by Gasteiger charge is 2.31. The van der Waals surface area contributed by atoms with E-state index in [9.17, 15) is 9.59 Å². The molecule has 1 aliphatic rings. The van der Waals surface area contributed by atoms with Gasteiger partial charge in [-0.15, -0.1) is 0 Å². The number of carbonyl (C=O) groups is 2. The van der Waals surface area contributed by atoms with Gasteiger partial charge in [0.2, 0.25) is 0 Å². The molecule has 0 saturated carbocycles. The summed E-state index contributed by atoms with van der Waals surface area (Å²) in [6, 6.07) is 11.9. The average molecular weight is 395 g/mol. The number of benzene rings is 2. The van der Waals surface area contributed by atoms with Gasteiger partial charge in [-0.05, 0) is 49.4 Å². The monoisotopic (exact) mass is 393 g/mol. The second kappa shape index (κ2) is 6.22. The Hall–Kier alpha value is -2.05. The van der Waals surface area contributed by atoms with Crippen molar-refractivity contribution in [3.8, 4) is 0 Å². The molecule has 1 heterocycles. The Labute approximate surface area is 146 Å². The minimum atomic E-state index is -0.379. The quantitative estimate of drug-likeness (QED) is 0.817. The van der Waals surface area contributed by atoms with Gasteiger partial charge in [0.1, 0.15) is 6.17 Å². The second-order valence-corrected chi connectivity index (χ2v) is 6.49. The summed E-state index contributed by atoms with van der Waals surface area (Å²) in [6.45, 7) is 1.79. The van der Waals surface area contributed by atoms with Crippen LogP contribution in [0.15, 0.2) is 46.9 Å². The molecular weight excluding hydrogens is 382 g/mol. The number of hydrogen-bond donors (Lipinski definition) is 2. The molecule has 1 unspecified atom stereocenters. The van der Waals surface area contributed by atoms with Gasteiger partial charge in [0, 0.05) is 20.7 Å². The third-order valence-corrected chi connectivity index (χ3v) is 4.27. The van der Waals surface area contributed by atoms with Crippen molar-refractivity contribution < 1.29 is 9.59 Å². The largest absolute Gasteiger partial charge is 0.363 e. The number of hydrogen-bond acceptors (Lipinski definition) is 3. The van der Waals surface area contributed by atoms with Crippen LogP contribution in [-0.2, 0) is 0 Å². The lowest BCUT2D eigenvalue weighted by Gasteiger charge is -2.35. The fraction of sp³-hybridized carbons (Fsp3) is 0.125. The number of halogens is 2. The molecule has 2 aromatic rings. The summed E-state index contributed by atoms with van der Waals surface area (Å²) in [5.41, 5.74) is 4.22. The molecular formula is C16H13BrClN3O2. The number of hydrazine groups is 1. The summed E-state index contributed by atoms with van der Waals surface area (Å²) in [5, 5.41) is 4.89. The Morgan fingerprint density at radius 1 is 1.26 bits per heavy atom. The third kappa shape index (κ3) is 3.18. The van der Waals surface area contributed by atoms with Gasteiger partial charge in [0.15, 0.2) is 0 Å². The van der Waals surface area contributed by atoms with Gasteiger partial charge in [-0.1, -0.05) is 27.5 Å². The first-order chi connectivity index (χ1) is 11.0. The van der Waals surface area contributed by atoms with Crippen LogP contribution in [0.3, 0.4) is 0 Å². The Bertz CT molecular complexity index is 779. The van der Waals surface area contributed by atoms with Crippen molar-refractivity contribution in [3.05, 3.63) is 63.1 Å². The summed E-state index contributed by atoms with van der Waals surface area (Å²) in [6.07, 6.45) is -0.379. The van der Waals surface area contributed by atoms with Crippen molar-refractivity contribution in [1.82, 2.24) is 10.4 Å². The van der Waals surface area contributed by atoms with Crippen molar-refractivity contribution in [1.29, 1.82) is 0 Å². The molecule has 0 aromatic heterocycles. The maximum Gasteiger partial charge on any atom is 0.276 e. The molecule has 0 spiro atoms. The third-order valence-electron chi connectivity index (χ3n) is 3.51. The lowest BCUT2D eigenvalue weighted by atomic mass is 10.1. The minimum absolute atomic E-state index is 0.306. The van der Waals surface area contributed by atoms with Crippen LogP contribution in [-0.4, -0.2) is 23.0 Å². The van der Waals surface area contributed by atoms with E-state index in [2.05, 4.69) is 26.7 Å². The van der Waals surface area contributed by atoms with E-state index in [0.717, 1.165) is 4.47 Å². The molecule has 2 aromatic carbocycles. The molecule has 3 rings (SSSR count). The maximum atomic E-state index is 12.6. The molecule has 7 heteroatoms. The normalized spacial score (nSPS) is 16.6. The van der Waals surface area contributed by atoms with Gasteiger partial charge >= 0.3 is 0 Å². The van der Waals surface area contributed by atoms with Gasteiger partial charge in [0.05, 0.1) is 5.56 Å². The maximum absolute atomic E-state index is 12.6. The van der Waals surface area contributed by atoms with Crippen LogP contribution in [0.25, 0.3) is 0 Å². The van der Waals surface area contributed by atoms with Crippen LogP contribution in [0.2, 0.25) is 5.02 Å². The smallest absolute Gasteiger partial charge is 0.276 e. The number of carbonyl (C=O) groups excluding carboxylic acids is 2. The molecule has 1 atom stereocenters. The van der Waals surface area contributed by atoms with Crippen LogP contribution in [0.1, 0.15) is 27.6 Å². The van der Waals surface area contributed by atoms with Gasteiger partial charge in [-0.3, -0.25) is 15.0 Å². The molecule has 23 heavy (non-hydrogen) atoms. The zero-order valence-electron chi connectivity index (χ0n) is 12.1. The van der Waals surface area contributed by atoms with Crippen molar-refractivity contribution in [2.75, 3.05) is 5.32 Å². The van der Waals surface area contributed by atoms with E-state index in [-0.39, 0.29) is 18.0 Å². The first kappa shape index (κ1) is 15.8. The van der Waals surface area contributed by atoms with Gasteiger partial charge < -0.3 is 5.32 Å². The standard InChI is InChI=1S/C16H13BrClN3O2/c1-9-19-14-7-6-12(18)8-13(14)16(23)21(9)20-15(22)10-2-4-11(17)5-3-10/h2-9,19H,1H3,(H,20,22). The van der Waals surface area contributed by atoms with Crippen LogP contribution >= 0.6 is 27.5 Å². The predicted octanol–water partition coefficient (Wildman–Crippen LogP) is 3.66. The highest BCUT2D eigenvalue weighted by atomic mass is 79.9. The first-order valence-corrected chi connectivity index (χ1v) is 8.09. The number of anilines is 1. The summed E-state index contributed by atoms with van der Waals surface area (Å²) in [7, 11) is 0. The minimum Gasteiger partial charge on any atom is -0.363 e. The molecule has 0 radical (unpaired) electrons. The second-order valence-electron chi connectivity index (χ2n) is 5.13. The SMILES string of the molecule is CC1Nc2ccc(Cl)cc2C(=O)N1NC(=O)c1ccc(Br)cc1. The molecule has 2 N–H and O–H groups in total.